The van der Waals surface area contributed by atoms with Crippen molar-refractivity contribution in [1.82, 2.24) is 0 Å². The largest absolute Gasteiger partial charge is 0.372 e. The molecule has 0 bridgehead atoms. The van der Waals surface area contributed by atoms with Gasteiger partial charge in [0.25, 0.3) is 0 Å². The van der Waals surface area contributed by atoms with Gasteiger partial charge in [-0.2, -0.15) is 27.9 Å². The summed E-state index contributed by atoms with van der Waals surface area (Å²) in [4.78, 5) is 15.0. The van der Waals surface area contributed by atoms with Crippen LogP contribution in [-0.2, 0) is 9.63 Å². The summed E-state index contributed by atoms with van der Waals surface area (Å²) in [6.07, 6.45) is 0. The van der Waals surface area contributed by atoms with Gasteiger partial charge in [-0.15, -0.1) is 0 Å². The number of hydrogen-bond donors (Lipinski definition) is 3. The average molecular weight is 235 g/mol. The minimum Gasteiger partial charge on any atom is -0.372 e. The third kappa shape index (κ3) is 6.62. The molecule has 0 amide bonds. The lowest BCUT2D eigenvalue weighted by atomic mass is 10.4. The van der Waals surface area contributed by atoms with E-state index in [0.29, 0.717) is 18.1 Å². The van der Waals surface area contributed by atoms with Crippen molar-refractivity contribution < 1.29 is 9.63 Å². The Morgan fingerprint density at radius 3 is 2.67 bits per heavy atom. The number of hydrogen-bond acceptors (Lipinski definition) is 8. The highest BCUT2D eigenvalue weighted by molar-refractivity contribution is 7.99. The van der Waals surface area contributed by atoms with Crippen molar-refractivity contribution in [2.75, 3.05) is 18.1 Å². The van der Waals surface area contributed by atoms with Crippen LogP contribution < -0.4 is 17.6 Å². The summed E-state index contributed by atoms with van der Waals surface area (Å²) in [5.74, 6) is 14.6. The van der Waals surface area contributed by atoms with E-state index >= 15 is 0 Å². The van der Waals surface area contributed by atoms with Crippen molar-refractivity contribution in [2.24, 2.45) is 38.3 Å². The maximum atomic E-state index is 11.0. The quantitative estimate of drug-likeness (QED) is 0.226. The minimum absolute atomic E-state index is 0.358. The van der Waals surface area contributed by atoms with Gasteiger partial charge in [-0.3, -0.25) is 0 Å². The van der Waals surface area contributed by atoms with Gasteiger partial charge in [0, 0.05) is 11.5 Å². The van der Waals surface area contributed by atoms with E-state index in [1.165, 1.54) is 11.8 Å². The van der Waals surface area contributed by atoms with Crippen LogP contribution in [0.1, 0.15) is 0 Å². The predicted molar refractivity (Wildman–Crippen MR) is 54.3 cm³/mol. The average Bonchev–Trinajstić information content (AvgIpc) is 2.26. The Morgan fingerprint density at radius 1 is 1.40 bits per heavy atom. The molecule has 1 atom stereocenters. The number of nitrogens with zero attached hydrogens (tertiary/aromatic N) is 4. The third-order valence-corrected chi connectivity index (χ3v) is 2.31. The summed E-state index contributed by atoms with van der Waals surface area (Å²) in [7, 11) is 0. The van der Waals surface area contributed by atoms with Crippen molar-refractivity contribution >= 4 is 17.7 Å². The molecule has 10 heteroatoms. The summed E-state index contributed by atoms with van der Waals surface area (Å²) in [6.45, 7) is 0.464. The molecule has 0 spiro atoms. The Labute approximate surface area is 90.4 Å². The van der Waals surface area contributed by atoms with Crippen LogP contribution in [0, 0.1) is 0 Å². The Morgan fingerprint density at radius 2 is 2.13 bits per heavy atom. The van der Waals surface area contributed by atoms with Crippen LogP contribution in [-0.4, -0.2) is 30.1 Å². The molecular formula is C5H13N7O2S. The maximum Gasteiger partial charge on any atom is 0.352 e. The van der Waals surface area contributed by atoms with Gasteiger partial charge in [-0.1, -0.05) is 10.4 Å². The molecule has 0 saturated carbocycles. The highest BCUT2D eigenvalue weighted by Crippen LogP contribution is 2.07. The van der Waals surface area contributed by atoms with Crippen LogP contribution in [0.2, 0.25) is 0 Å². The zero-order valence-corrected chi connectivity index (χ0v) is 8.76. The number of thioether (sulfide) groups is 1. The zero-order valence-electron chi connectivity index (χ0n) is 7.94. The molecular weight excluding hydrogens is 222 g/mol. The fourth-order valence-electron chi connectivity index (χ4n) is 0.666. The van der Waals surface area contributed by atoms with E-state index in [1.54, 1.807) is 0 Å². The fourth-order valence-corrected chi connectivity index (χ4v) is 1.47. The molecule has 0 aliphatic rings. The highest BCUT2D eigenvalue weighted by atomic mass is 32.2. The Hall–Kier alpha value is -1.42. The molecule has 0 aromatic carbocycles. The molecule has 0 aliphatic carbocycles. The molecule has 0 saturated heterocycles. The first-order valence-electron chi connectivity index (χ1n) is 3.91. The van der Waals surface area contributed by atoms with Crippen LogP contribution >= 0.6 is 11.8 Å². The normalized spacial score (nSPS) is 13.4. The van der Waals surface area contributed by atoms with Gasteiger partial charge in [0.2, 0.25) is 0 Å². The van der Waals surface area contributed by atoms with Crippen LogP contribution in [0.3, 0.4) is 0 Å². The standard InChI is InChI=1S/C5H13N7O2S/c6-11-9-1-2-15-3-4(10-12-7)5(13)14-8/h4H,1-3,8H2,(H2,6,9)(H2,7,10)/t4-/m0/s1. The van der Waals surface area contributed by atoms with Crippen molar-refractivity contribution in [3.8, 4) is 0 Å². The molecule has 0 rings (SSSR count). The highest BCUT2D eigenvalue weighted by Gasteiger charge is 2.18. The molecule has 86 valence electrons. The first kappa shape index (κ1) is 13.6. The Bertz CT molecular complexity index is 233. The Balaban J connectivity index is 3.81. The van der Waals surface area contributed by atoms with E-state index in [-0.39, 0.29) is 0 Å². The molecule has 0 aliphatic heterocycles. The lowest BCUT2D eigenvalue weighted by molar-refractivity contribution is -0.145. The number of nitrogens with two attached hydrogens (primary N) is 3. The van der Waals surface area contributed by atoms with Gasteiger partial charge in [0.1, 0.15) is 0 Å². The minimum atomic E-state index is -0.792. The van der Waals surface area contributed by atoms with Gasteiger partial charge in [0.15, 0.2) is 6.04 Å². The molecule has 0 aromatic rings. The van der Waals surface area contributed by atoms with Crippen LogP contribution in [0.5, 0.6) is 0 Å². The lowest BCUT2D eigenvalue weighted by Gasteiger charge is -2.06. The van der Waals surface area contributed by atoms with Gasteiger partial charge < -0.3 is 16.5 Å². The third-order valence-electron chi connectivity index (χ3n) is 1.29. The summed E-state index contributed by atoms with van der Waals surface area (Å²) >= 11 is 1.41. The summed E-state index contributed by atoms with van der Waals surface area (Å²) in [5, 5.41) is 13.1. The van der Waals surface area contributed by atoms with E-state index in [2.05, 4.69) is 25.5 Å². The number of rotatable bonds is 7. The lowest BCUT2D eigenvalue weighted by Crippen LogP contribution is -2.26. The molecule has 9 nitrogen and oxygen atoms in total. The maximum absolute atomic E-state index is 11.0. The van der Waals surface area contributed by atoms with E-state index in [9.17, 15) is 4.79 Å². The predicted octanol–water partition coefficient (Wildman–Crippen LogP) is -0.843. The zero-order chi connectivity index (χ0) is 11.5. The van der Waals surface area contributed by atoms with E-state index in [1.807, 2.05) is 0 Å². The number of carbonyl (C=O) groups excluding carboxylic acids is 1. The molecule has 15 heavy (non-hydrogen) atoms. The van der Waals surface area contributed by atoms with Gasteiger partial charge in [-0.25, -0.2) is 4.79 Å². The SMILES string of the molecule is NN=NCCSC[C@H](N=NN)C(=O)ON. The summed E-state index contributed by atoms with van der Waals surface area (Å²) in [5.41, 5.74) is 0. The second-order valence-corrected chi connectivity index (χ2v) is 3.39. The van der Waals surface area contributed by atoms with Crippen LogP contribution in [0.15, 0.2) is 20.7 Å². The topological polar surface area (TPSA) is 154 Å². The van der Waals surface area contributed by atoms with Crippen molar-refractivity contribution in [3.05, 3.63) is 0 Å². The summed E-state index contributed by atoms with van der Waals surface area (Å²) in [6, 6.07) is -0.792. The first-order chi connectivity index (χ1) is 7.26. The van der Waals surface area contributed by atoms with Crippen LogP contribution in [0.25, 0.3) is 0 Å². The van der Waals surface area contributed by atoms with Crippen LogP contribution in [0.4, 0.5) is 0 Å². The van der Waals surface area contributed by atoms with Crippen molar-refractivity contribution in [1.29, 1.82) is 0 Å². The number of carbonyl (C=O) groups is 1. The van der Waals surface area contributed by atoms with Gasteiger partial charge in [-0.05, 0) is 0 Å². The van der Waals surface area contributed by atoms with E-state index < -0.39 is 12.0 Å². The van der Waals surface area contributed by atoms with Gasteiger partial charge in [0.05, 0.1) is 6.54 Å². The molecule has 0 fully saturated rings. The van der Waals surface area contributed by atoms with Gasteiger partial charge >= 0.3 is 5.97 Å². The molecule has 0 radical (unpaired) electrons. The second-order valence-electron chi connectivity index (χ2n) is 2.24. The first-order valence-corrected chi connectivity index (χ1v) is 5.06. The second kappa shape index (κ2) is 9.15. The van der Waals surface area contributed by atoms with Crippen molar-refractivity contribution in [3.63, 3.8) is 0 Å². The molecule has 0 aromatic heterocycles. The van der Waals surface area contributed by atoms with E-state index in [4.69, 9.17) is 17.6 Å². The summed E-state index contributed by atoms with van der Waals surface area (Å²) < 4.78 is 0. The monoisotopic (exact) mass is 235 g/mol. The van der Waals surface area contributed by atoms with E-state index in [0.717, 1.165) is 0 Å². The molecule has 0 heterocycles. The fraction of sp³-hybridized carbons (Fsp3) is 0.800. The molecule has 6 N–H and O–H groups in total. The molecule has 0 unspecified atom stereocenters. The smallest absolute Gasteiger partial charge is 0.352 e. The Kier molecular flexibility index (Phi) is 8.28. The van der Waals surface area contributed by atoms with Crippen molar-refractivity contribution in [2.45, 2.75) is 6.04 Å².